The van der Waals surface area contributed by atoms with Gasteiger partial charge in [0.05, 0.1) is 0 Å². The molecule has 29 heavy (non-hydrogen) atoms. The lowest BCUT2D eigenvalue weighted by Crippen LogP contribution is -2.31. The topological polar surface area (TPSA) is 44.3 Å². The molecule has 0 atom stereocenters. The van der Waals surface area contributed by atoms with E-state index in [1.807, 2.05) is 6.92 Å². The van der Waals surface area contributed by atoms with Crippen molar-refractivity contribution in [1.29, 1.82) is 0 Å². The molecule has 0 aliphatic carbocycles. The molecule has 1 aromatic heterocycles. The zero-order valence-electron chi connectivity index (χ0n) is 16.9. The van der Waals surface area contributed by atoms with E-state index in [0.717, 1.165) is 42.7 Å². The highest BCUT2D eigenvalue weighted by molar-refractivity contribution is 5.63. The molecule has 1 saturated heterocycles. The molecule has 3 heterocycles. The Hall–Kier alpha value is -3.08. The van der Waals surface area contributed by atoms with E-state index in [0.29, 0.717) is 0 Å². The number of rotatable bonds is 4. The first kappa shape index (κ1) is 18.0. The fraction of sp³-hybridized carbons (Fsp3) is 0.333. The predicted molar refractivity (Wildman–Crippen MR) is 119 cm³/mol. The van der Waals surface area contributed by atoms with Gasteiger partial charge in [-0.1, -0.05) is 24.3 Å². The molecular weight excluding hydrogens is 358 g/mol. The predicted octanol–water partition coefficient (Wildman–Crippen LogP) is 4.69. The molecule has 0 amide bonds. The third-order valence-corrected chi connectivity index (χ3v) is 5.89. The maximum atomic E-state index is 4.71. The number of benzene rings is 2. The number of aryl methyl sites for hydroxylation is 1. The SMILES string of the molecule is Cc1nc(Nc2ccc(N3CCCC3)cc2)cc(N2CCc3ccccc3C2)n1. The lowest BCUT2D eigenvalue weighted by Gasteiger charge is -2.30. The molecule has 0 unspecified atom stereocenters. The Morgan fingerprint density at radius 3 is 2.38 bits per heavy atom. The van der Waals surface area contributed by atoms with E-state index in [-0.39, 0.29) is 0 Å². The third kappa shape index (κ3) is 3.90. The largest absolute Gasteiger partial charge is 0.372 e. The fourth-order valence-corrected chi connectivity index (χ4v) is 4.35. The normalized spacial score (nSPS) is 16.0. The number of hydrogen-bond donors (Lipinski definition) is 1. The van der Waals surface area contributed by atoms with Gasteiger partial charge in [-0.3, -0.25) is 0 Å². The van der Waals surface area contributed by atoms with Gasteiger partial charge in [0.15, 0.2) is 0 Å². The first-order valence-electron chi connectivity index (χ1n) is 10.5. The molecule has 0 bridgehead atoms. The van der Waals surface area contributed by atoms with Crippen molar-refractivity contribution in [3.63, 3.8) is 0 Å². The zero-order valence-corrected chi connectivity index (χ0v) is 16.9. The standard InChI is InChI=1S/C24H27N5/c1-18-25-23(27-21-8-10-22(11-9-21)28-13-4-5-14-28)16-24(26-18)29-15-12-19-6-2-3-7-20(19)17-29/h2-3,6-11,16H,4-5,12-15,17H2,1H3,(H,25,26,27). The van der Waals surface area contributed by atoms with Gasteiger partial charge in [-0.2, -0.15) is 0 Å². The number of fused-ring (bicyclic) bond motifs is 1. The molecule has 3 aromatic rings. The average molecular weight is 386 g/mol. The number of aromatic nitrogens is 2. The van der Waals surface area contributed by atoms with Gasteiger partial charge in [0, 0.05) is 43.6 Å². The number of nitrogens with zero attached hydrogens (tertiary/aromatic N) is 4. The van der Waals surface area contributed by atoms with Crippen molar-refractivity contribution in [3.05, 3.63) is 71.5 Å². The molecule has 5 rings (SSSR count). The molecule has 5 heteroatoms. The van der Waals surface area contributed by atoms with Crippen molar-refractivity contribution < 1.29 is 0 Å². The van der Waals surface area contributed by atoms with Gasteiger partial charge in [-0.25, -0.2) is 9.97 Å². The van der Waals surface area contributed by atoms with Crippen LogP contribution in [0.1, 0.15) is 29.8 Å². The smallest absolute Gasteiger partial charge is 0.136 e. The third-order valence-electron chi connectivity index (χ3n) is 5.89. The summed E-state index contributed by atoms with van der Waals surface area (Å²) in [7, 11) is 0. The van der Waals surface area contributed by atoms with Crippen LogP contribution in [0.3, 0.4) is 0 Å². The van der Waals surface area contributed by atoms with Gasteiger partial charge < -0.3 is 15.1 Å². The molecule has 0 saturated carbocycles. The van der Waals surface area contributed by atoms with Crippen LogP contribution in [0.2, 0.25) is 0 Å². The van der Waals surface area contributed by atoms with Crippen LogP contribution in [0, 0.1) is 6.92 Å². The average Bonchev–Trinajstić information content (AvgIpc) is 3.28. The van der Waals surface area contributed by atoms with E-state index in [1.54, 1.807) is 0 Å². The maximum absolute atomic E-state index is 4.71. The number of nitrogens with one attached hydrogen (secondary N) is 1. The molecule has 2 aromatic carbocycles. The van der Waals surface area contributed by atoms with E-state index >= 15 is 0 Å². The van der Waals surface area contributed by atoms with Crippen molar-refractivity contribution in [3.8, 4) is 0 Å². The molecule has 2 aliphatic heterocycles. The van der Waals surface area contributed by atoms with Crippen LogP contribution in [0.15, 0.2) is 54.6 Å². The first-order chi connectivity index (χ1) is 14.2. The summed E-state index contributed by atoms with van der Waals surface area (Å²) in [5.74, 6) is 2.63. The Morgan fingerprint density at radius 1 is 0.828 bits per heavy atom. The fourth-order valence-electron chi connectivity index (χ4n) is 4.35. The van der Waals surface area contributed by atoms with E-state index in [4.69, 9.17) is 4.98 Å². The summed E-state index contributed by atoms with van der Waals surface area (Å²) in [6.45, 7) is 6.18. The van der Waals surface area contributed by atoms with Gasteiger partial charge in [0.25, 0.3) is 0 Å². The Morgan fingerprint density at radius 2 is 1.59 bits per heavy atom. The van der Waals surface area contributed by atoms with E-state index in [9.17, 15) is 0 Å². The first-order valence-corrected chi connectivity index (χ1v) is 10.5. The molecule has 1 fully saturated rings. The van der Waals surface area contributed by atoms with Crippen LogP contribution < -0.4 is 15.1 Å². The van der Waals surface area contributed by atoms with Crippen molar-refractivity contribution in [2.45, 2.75) is 32.7 Å². The lowest BCUT2D eigenvalue weighted by molar-refractivity contribution is 0.717. The summed E-state index contributed by atoms with van der Waals surface area (Å²) in [5.41, 5.74) is 5.20. The van der Waals surface area contributed by atoms with Crippen molar-refractivity contribution in [2.24, 2.45) is 0 Å². The molecule has 148 valence electrons. The Labute approximate surface area is 172 Å². The monoisotopic (exact) mass is 385 g/mol. The quantitative estimate of drug-likeness (QED) is 0.706. The van der Waals surface area contributed by atoms with Gasteiger partial charge in [0.2, 0.25) is 0 Å². The Kier molecular flexibility index (Phi) is 4.80. The van der Waals surface area contributed by atoms with Gasteiger partial charge >= 0.3 is 0 Å². The molecule has 2 aliphatic rings. The van der Waals surface area contributed by atoms with E-state index in [2.05, 4.69) is 74.7 Å². The number of anilines is 4. The minimum atomic E-state index is 0.789. The molecular formula is C24H27N5. The second-order valence-electron chi connectivity index (χ2n) is 7.96. The van der Waals surface area contributed by atoms with Crippen LogP contribution >= 0.6 is 0 Å². The summed E-state index contributed by atoms with van der Waals surface area (Å²) in [4.78, 5) is 14.1. The van der Waals surface area contributed by atoms with Crippen molar-refractivity contribution >= 4 is 23.0 Å². The number of hydrogen-bond acceptors (Lipinski definition) is 5. The molecule has 0 spiro atoms. The maximum Gasteiger partial charge on any atom is 0.136 e. The minimum Gasteiger partial charge on any atom is -0.372 e. The highest BCUT2D eigenvalue weighted by Crippen LogP contribution is 2.27. The van der Waals surface area contributed by atoms with Crippen molar-refractivity contribution in [1.82, 2.24) is 9.97 Å². The highest BCUT2D eigenvalue weighted by atomic mass is 15.2. The summed E-state index contributed by atoms with van der Waals surface area (Å²) < 4.78 is 0. The summed E-state index contributed by atoms with van der Waals surface area (Å²) in [6, 6.07) is 19.4. The Balaban J connectivity index is 1.33. The molecule has 1 N–H and O–H groups in total. The summed E-state index contributed by atoms with van der Waals surface area (Å²) >= 11 is 0. The van der Waals surface area contributed by atoms with Gasteiger partial charge in [-0.15, -0.1) is 0 Å². The van der Waals surface area contributed by atoms with Crippen LogP contribution in [-0.2, 0) is 13.0 Å². The van der Waals surface area contributed by atoms with Gasteiger partial charge in [-0.05, 0) is 61.6 Å². The molecule has 0 radical (unpaired) electrons. The van der Waals surface area contributed by atoms with Crippen molar-refractivity contribution in [2.75, 3.05) is 34.8 Å². The van der Waals surface area contributed by atoms with Gasteiger partial charge in [0.1, 0.15) is 17.5 Å². The Bertz CT molecular complexity index is 992. The van der Waals surface area contributed by atoms with Crippen LogP contribution in [0.25, 0.3) is 0 Å². The second-order valence-corrected chi connectivity index (χ2v) is 7.96. The molecule has 5 nitrogen and oxygen atoms in total. The van der Waals surface area contributed by atoms with Crippen LogP contribution in [0.4, 0.5) is 23.0 Å². The summed E-state index contributed by atoms with van der Waals surface area (Å²) in [6.07, 6.45) is 3.65. The van der Waals surface area contributed by atoms with Crippen LogP contribution in [0.5, 0.6) is 0 Å². The second kappa shape index (κ2) is 7.74. The zero-order chi connectivity index (χ0) is 19.6. The lowest BCUT2D eigenvalue weighted by atomic mass is 10.00. The minimum absolute atomic E-state index is 0.789. The van der Waals surface area contributed by atoms with E-state index < -0.39 is 0 Å². The summed E-state index contributed by atoms with van der Waals surface area (Å²) in [5, 5.41) is 3.46. The van der Waals surface area contributed by atoms with E-state index in [1.165, 1.54) is 42.7 Å². The van der Waals surface area contributed by atoms with Crippen LogP contribution in [-0.4, -0.2) is 29.6 Å². The highest BCUT2D eigenvalue weighted by Gasteiger charge is 2.18.